The maximum Gasteiger partial charge on any atom is 0.354 e. The molecule has 1 aliphatic heterocycles. The average Bonchev–Trinajstić information content (AvgIpc) is 3.36. The van der Waals surface area contributed by atoms with E-state index in [1.807, 2.05) is 0 Å². The Bertz CT molecular complexity index is 1240. The first kappa shape index (κ1) is 28.8. The number of methoxy groups -OCH3 is 3. The van der Waals surface area contributed by atoms with Crippen LogP contribution in [-0.2, 0) is 14.3 Å². The minimum Gasteiger partial charge on any atom is -0.507 e. The van der Waals surface area contributed by atoms with Gasteiger partial charge in [-0.3, -0.25) is 9.59 Å². The lowest BCUT2D eigenvalue weighted by Gasteiger charge is -2.28. The number of aromatic amines is 1. The van der Waals surface area contributed by atoms with Crippen LogP contribution < -0.4 is 9.47 Å². The molecule has 2 aromatic rings. The molecule has 0 unspecified atom stereocenters. The second kappa shape index (κ2) is 12.2. The van der Waals surface area contributed by atoms with Gasteiger partial charge in [-0.05, 0) is 63.7 Å². The smallest absolute Gasteiger partial charge is 0.354 e. The van der Waals surface area contributed by atoms with Crippen LogP contribution in [0.1, 0.15) is 59.2 Å². The van der Waals surface area contributed by atoms with Crippen LogP contribution in [0.15, 0.2) is 23.8 Å². The van der Waals surface area contributed by atoms with Crippen molar-refractivity contribution in [2.24, 2.45) is 0 Å². The van der Waals surface area contributed by atoms with Crippen molar-refractivity contribution in [2.45, 2.75) is 40.2 Å². The summed E-state index contributed by atoms with van der Waals surface area (Å²) in [5.74, 6) is -1.54. The molecule has 1 atom stereocenters. The standard InChI is InChI=1S/C28H37N3O7/c1-8-30(9-2)13-10-14-31-24(19-15-18(36-5)11-12-20(19)37-6)22(26(33)27(31)34)25(32)21-16(3)23(28(35)38-7)29-17(21)4/h11-12,15,24,29,32H,8-10,13-14H2,1-7H3/t24-/m0/s1. The van der Waals surface area contributed by atoms with Gasteiger partial charge >= 0.3 is 5.97 Å². The Morgan fingerprint density at radius 3 is 2.37 bits per heavy atom. The van der Waals surface area contributed by atoms with Crippen molar-refractivity contribution < 1.29 is 33.7 Å². The van der Waals surface area contributed by atoms with Crippen molar-refractivity contribution in [3.8, 4) is 11.5 Å². The highest BCUT2D eigenvalue weighted by Crippen LogP contribution is 2.44. The van der Waals surface area contributed by atoms with E-state index < -0.39 is 23.7 Å². The lowest BCUT2D eigenvalue weighted by atomic mass is 9.93. The summed E-state index contributed by atoms with van der Waals surface area (Å²) in [6.45, 7) is 10.2. The molecular weight excluding hydrogens is 490 g/mol. The van der Waals surface area contributed by atoms with Crippen molar-refractivity contribution >= 4 is 23.4 Å². The molecule has 0 aliphatic carbocycles. The van der Waals surface area contributed by atoms with Gasteiger partial charge in [0.1, 0.15) is 23.0 Å². The number of carbonyl (C=O) groups excluding carboxylic acids is 3. The van der Waals surface area contributed by atoms with Gasteiger partial charge in [0.2, 0.25) is 0 Å². The van der Waals surface area contributed by atoms with Gasteiger partial charge in [-0.1, -0.05) is 13.8 Å². The summed E-state index contributed by atoms with van der Waals surface area (Å²) in [6, 6.07) is 4.20. The first-order chi connectivity index (χ1) is 18.1. The van der Waals surface area contributed by atoms with Gasteiger partial charge < -0.3 is 34.1 Å². The highest BCUT2D eigenvalue weighted by Gasteiger charge is 2.47. The number of aryl methyl sites for hydroxylation is 1. The summed E-state index contributed by atoms with van der Waals surface area (Å²) in [4.78, 5) is 45.8. The number of ketones is 1. The lowest BCUT2D eigenvalue weighted by Crippen LogP contribution is -2.33. The molecule has 206 valence electrons. The number of benzene rings is 1. The van der Waals surface area contributed by atoms with E-state index >= 15 is 0 Å². The number of aliphatic hydroxyl groups excluding tert-OH is 1. The number of nitrogens with one attached hydrogen (secondary N) is 1. The summed E-state index contributed by atoms with van der Waals surface area (Å²) < 4.78 is 15.9. The van der Waals surface area contributed by atoms with Crippen molar-refractivity contribution in [3.63, 3.8) is 0 Å². The van der Waals surface area contributed by atoms with Gasteiger partial charge in [-0.25, -0.2) is 4.79 Å². The summed E-state index contributed by atoms with van der Waals surface area (Å²) >= 11 is 0. The zero-order chi connectivity index (χ0) is 28.1. The SMILES string of the molecule is CCN(CC)CCCN1C(=O)C(=O)C(=C(O)c2c(C)[nH]c(C(=O)OC)c2C)[C@@H]1c1cc(OC)ccc1OC. The molecule has 0 bridgehead atoms. The van der Waals surface area contributed by atoms with E-state index in [4.69, 9.17) is 14.2 Å². The fourth-order valence-electron chi connectivity index (χ4n) is 5.04. The maximum absolute atomic E-state index is 13.5. The van der Waals surface area contributed by atoms with Gasteiger partial charge in [-0.2, -0.15) is 0 Å². The number of aromatic nitrogens is 1. The summed E-state index contributed by atoms with van der Waals surface area (Å²) in [7, 11) is 4.28. The van der Waals surface area contributed by atoms with Gasteiger partial charge in [0, 0.05) is 23.4 Å². The summed E-state index contributed by atoms with van der Waals surface area (Å²) in [5, 5.41) is 11.6. The molecule has 1 fully saturated rings. The number of esters is 1. The van der Waals surface area contributed by atoms with Crippen LogP contribution in [0.3, 0.4) is 0 Å². The molecule has 0 radical (unpaired) electrons. The lowest BCUT2D eigenvalue weighted by molar-refractivity contribution is -0.140. The maximum atomic E-state index is 13.5. The minimum absolute atomic E-state index is 0.0778. The van der Waals surface area contributed by atoms with Crippen molar-refractivity contribution in [3.05, 3.63) is 51.9 Å². The molecule has 0 saturated carbocycles. The first-order valence-electron chi connectivity index (χ1n) is 12.6. The highest BCUT2D eigenvalue weighted by molar-refractivity contribution is 6.46. The van der Waals surface area contributed by atoms with Crippen molar-refractivity contribution in [2.75, 3.05) is 47.5 Å². The minimum atomic E-state index is -0.924. The normalized spacial score (nSPS) is 16.8. The topological polar surface area (TPSA) is 121 Å². The van der Waals surface area contributed by atoms with Crippen LogP contribution in [0.4, 0.5) is 0 Å². The fraction of sp³-hybridized carbons (Fsp3) is 0.464. The number of H-pyrrole nitrogens is 1. The number of hydrogen-bond acceptors (Lipinski definition) is 8. The molecule has 1 aromatic carbocycles. The van der Waals surface area contributed by atoms with Gasteiger partial charge in [0.25, 0.3) is 11.7 Å². The van der Waals surface area contributed by atoms with Crippen LogP contribution >= 0.6 is 0 Å². The van der Waals surface area contributed by atoms with E-state index in [0.717, 1.165) is 19.6 Å². The Morgan fingerprint density at radius 2 is 1.79 bits per heavy atom. The number of carbonyl (C=O) groups is 3. The predicted octanol–water partition coefficient (Wildman–Crippen LogP) is 3.59. The molecule has 1 amide bonds. The summed E-state index contributed by atoms with van der Waals surface area (Å²) in [5.41, 5.74) is 1.75. The van der Waals surface area contributed by atoms with Crippen LogP contribution in [0, 0.1) is 13.8 Å². The van der Waals surface area contributed by atoms with E-state index in [2.05, 4.69) is 23.7 Å². The molecule has 1 aliphatic rings. The second-order valence-corrected chi connectivity index (χ2v) is 9.10. The van der Waals surface area contributed by atoms with Crippen molar-refractivity contribution in [1.82, 2.24) is 14.8 Å². The highest BCUT2D eigenvalue weighted by atomic mass is 16.5. The van der Waals surface area contributed by atoms with Gasteiger partial charge in [0.05, 0.1) is 32.9 Å². The Kier molecular flexibility index (Phi) is 9.22. The number of amides is 1. The molecule has 10 nitrogen and oxygen atoms in total. The Balaban J connectivity index is 2.22. The Hall–Kier alpha value is -3.79. The average molecular weight is 528 g/mol. The molecule has 0 spiro atoms. The third kappa shape index (κ3) is 5.26. The number of ether oxygens (including phenoxy) is 3. The zero-order valence-electron chi connectivity index (χ0n) is 23.1. The van der Waals surface area contributed by atoms with Crippen LogP contribution in [0.5, 0.6) is 11.5 Å². The molecule has 38 heavy (non-hydrogen) atoms. The molecule has 2 heterocycles. The molecular formula is C28H37N3O7. The number of aliphatic hydroxyl groups is 1. The fourth-order valence-corrected chi connectivity index (χ4v) is 5.04. The van der Waals surface area contributed by atoms with E-state index in [1.165, 1.54) is 26.2 Å². The van der Waals surface area contributed by atoms with Crippen LogP contribution in [-0.4, -0.2) is 85.1 Å². The summed E-state index contributed by atoms with van der Waals surface area (Å²) in [6.07, 6.45) is 0.631. The number of hydrogen-bond donors (Lipinski definition) is 2. The molecule has 2 N–H and O–H groups in total. The Morgan fingerprint density at radius 1 is 1.11 bits per heavy atom. The zero-order valence-corrected chi connectivity index (χ0v) is 23.1. The molecule has 1 aromatic heterocycles. The predicted molar refractivity (Wildman–Crippen MR) is 143 cm³/mol. The third-order valence-electron chi connectivity index (χ3n) is 7.10. The van der Waals surface area contributed by atoms with E-state index in [-0.39, 0.29) is 22.6 Å². The number of Topliss-reactive ketones (excluding diaryl/α,β-unsaturated/α-hetero) is 1. The van der Waals surface area contributed by atoms with Crippen LogP contribution in [0.25, 0.3) is 5.76 Å². The van der Waals surface area contributed by atoms with Gasteiger partial charge in [0.15, 0.2) is 0 Å². The largest absolute Gasteiger partial charge is 0.507 e. The first-order valence-corrected chi connectivity index (χ1v) is 12.6. The molecule has 10 heteroatoms. The molecule has 1 saturated heterocycles. The third-order valence-corrected chi connectivity index (χ3v) is 7.10. The van der Waals surface area contributed by atoms with Crippen molar-refractivity contribution in [1.29, 1.82) is 0 Å². The monoisotopic (exact) mass is 527 g/mol. The number of likely N-dealkylation sites (tertiary alicyclic amines) is 1. The Labute approximate surface area is 223 Å². The van der Waals surface area contributed by atoms with E-state index in [9.17, 15) is 19.5 Å². The number of nitrogens with zero attached hydrogens (tertiary/aromatic N) is 2. The quantitative estimate of drug-likeness (QED) is 0.197. The van der Waals surface area contributed by atoms with E-state index in [1.54, 1.807) is 32.0 Å². The molecule has 3 rings (SSSR count). The van der Waals surface area contributed by atoms with Crippen LogP contribution in [0.2, 0.25) is 0 Å². The van der Waals surface area contributed by atoms with E-state index in [0.29, 0.717) is 41.3 Å². The second-order valence-electron chi connectivity index (χ2n) is 9.10. The van der Waals surface area contributed by atoms with Gasteiger partial charge in [-0.15, -0.1) is 0 Å². The number of rotatable bonds is 11.